The molecule has 0 saturated carbocycles. The Labute approximate surface area is 74.7 Å². The Balaban J connectivity index is 2.44. The summed E-state index contributed by atoms with van der Waals surface area (Å²) in [5.74, 6) is -0.382. The predicted octanol–water partition coefficient (Wildman–Crippen LogP) is 1.01. The van der Waals surface area contributed by atoms with Gasteiger partial charge in [0, 0.05) is 12.3 Å². The number of fused-ring (bicyclic) bond motifs is 1. The zero-order chi connectivity index (χ0) is 9.26. The fraction of sp³-hybridized carbons (Fsp3) is 0.111. The summed E-state index contributed by atoms with van der Waals surface area (Å²) in [4.78, 5) is 16.5. The first-order valence-corrected chi connectivity index (χ1v) is 3.89. The first-order chi connectivity index (χ1) is 6.25. The summed E-state index contributed by atoms with van der Waals surface area (Å²) in [6.07, 6.45) is 1.66. The van der Waals surface area contributed by atoms with E-state index in [1.807, 2.05) is 24.3 Å². The molecule has 2 rings (SSSR count). The van der Waals surface area contributed by atoms with E-state index in [4.69, 9.17) is 4.84 Å². The van der Waals surface area contributed by atoms with Crippen LogP contribution in [-0.4, -0.2) is 15.9 Å². The molecule has 0 aliphatic heterocycles. The van der Waals surface area contributed by atoms with Gasteiger partial charge >= 0.3 is 5.97 Å². The van der Waals surface area contributed by atoms with Crippen LogP contribution in [0.1, 0.15) is 6.92 Å². The molecule has 0 N–H and O–H groups in total. The normalized spacial score (nSPS) is 10.2. The van der Waals surface area contributed by atoms with Crippen molar-refractivity contribution in [2.24, 2.45) is 0 Å². The lowest BCUT2D eigenvalue weighted by molar-refractivity contribution is -0.142. The standard InChI is InChI=1S/C9H8N2O2/c1-7(12)13-11-6-8-4-2-3-5-9(8)10-11/h2-6H,1H3. The molecular weight excluding hydrogens is 168 g/mol. The van der Waals surface area contributed by atoms with Crippen molar-refractivity contribution in [2.75, 3.05) is 0 Å². The van der Waals surface area contributed by atoms with E-state index in [1.54, 1.807) is 6.20 Å². The maximum atomic E-state index is 10.6. The summed E-state index contributed by atoms with van der Waals surface area (Å²) in [6, 6.07) is 7.55. The molecule has 0 unspecified atom stereocenters. The molecule has 0 fully saturated rings. The Bertz CT molecular complexity index is 415. The lowest BCUT2D eigenvalue weighted by Gasteiger charge is -1.95. The second-order valence-electron chi connectivity index (χ2n) is 2.67. The largest absolute Gasteiger partial charge is 0.331 e. The van der Waals surface area contributed by atoms with Crippen molar-refractivity contribution in [3.8, 4) is 0 Å². The number of rotatable bonds is 1. The van der Waals surface area contributed by atoms with E-state index >= 15 is 0 Å². The third-order valence-electron chi connectivity index (χ3n) is 1.61. The Morgan fingerprint density at radius 2 is 2.23 bits per heavy atom. The molecule has 66 valence electrons. The smallest absolute Gasteiger partial charge is 0.320 e. The number of hydrogen-bond donors (Lipinski definition) is 0. The molecule has 0 spiro atoms. The second kappa shape index (κ2) is 2.90. The second-order valence-corrected chi connectivity index (χ2v) is 2.67. The summed E-state index contributed by atoms with van der Waals surface area (Å²) in [5.41, 5.74) is 0.809. The van der Waals surface area contributed by atoms with E-state index in [1.165, 1.54) is 11.8 Å². The number of aromatic nitrogens is 2. The molecule has 0 radical (unpaired) electrons. The molecular formula is C9H8N2O2. The van der Waals surface area contributed by atoms with E-state index in [9.17, 15) is 4.79 Å². The van der Waals surface area contributed by atoms with Crippen LogP contribution < -0.4 is 4.84 Å². The molecule has 4 nitrogen and oxygen atoms in total. The van der Waals surface area contributed by atoms with Crippen LogP contribution >= 0.6 is 0 Å². The number of hydrogen-bond acceptors (Lipinski definition) is 3. The van der Waals surface area contributed by atoms with Crippen molar-refractivity contribution in [1.82, 2.24) is 9.94 Å². The van der Waals surface area contributed by atoms with E-state index < -0.39 is 0 Å². The van der Waals surface area contributed by atoms with Crippen molar-refractivity contribution in [3.05, 3.63) is 30.5 Å². The van der Waals surface area contributed by atoms with E-state index in [-0.39, 0.29) is 5.97 Å². The summed E-state index contributed by atoms with van der Waals surface area (Å²) in [6.45, 7) is 1.34. The Morgan fingerprint density at radius 1 is 1.46 bits per heavy atom. The minimum atomic E-state index is -0.382. The number of benzene rings is 1. The molecule has 2 aromatic rings. The van der Waals surface area contributed by atoms with Gasteiger partial charge < -0.3 is 4.84 Å². The molecule has 0 aliphatic carbocycles. The van der Waals surface area contributed by atoms with Crippen LogP contribution in [0.15, 0.2) is 30.5 Å². The highest BCUT2D eigenvalue weighted by Gasteiger charge is 2.00. The van der Waals surface area contributed by atoms with E-state index in [2.05, 4.69) is 5.10 Å². The third-order valence-corrected chi connectivity index (χ3v) is 1.61. The van der Waals surface area contributed by atoms with Crippen LogP contribution in [0.2, 0.25) is 0 Å². The lowest BCUT2D eigenvalue weighted by Crippen LogP contribution is -2.16. The van der Waals surface area contributed by atoms with Gasteiger partial charge in [-0.1, -0.05) is 23.0 Å². The zero-order valence-electron chi connectivity index (χ0n) is 7.10. The highest BCUT2D eigenvalue weighted by Crippen LogP contribution is 2.09. The monoisotopic (exact) mass is 176 g/mol. The van der Waals surface area contributed by atoms with Gasteiger partial charge in [-0.15, -0.1) is 5.10 Å². The molecule has 13 heavy (non-hydrogen) atoms. The van der Waals surface area contributed by atoms with Gasteiger partial charge in [0.15, 0.2) is 0 Å². The van der Waals surface area contributed by atoms with Crippen LogP contribution in [0, 0.1) is 0 Å². The van der Waals surface area contributed by atoms with Crippen molar-refractivity contribution < 1.29 is 9.63 Å². The molecule has 0 amide bonds. The van der Waals surface area contributed by atoms with Crippen molar-refractivity contribution in [3.63, 3.8) is 0 Å². The maximum Gasteiger partial charge on any atom is 0.331 e. The Kier molecular flexibility index (Phi) is 1.73. The van der Waals surface area contributed by atoms with Gasteiger partial charge in [0.1, 0.15) is 0 Å². The highest BCUT2D eigenvalue weighted by atomic mass is 16.7. The summed E-state index contributed by atoms with van der Waals surface area (Å²) in [5, 5.41) is 4.97. The van der Waals surface area contributed by atoms with Crippen molar-refractivity contribution in [2.45, 2.75) is 6.92 Å². The fourth-order valence-corrected chi connectivity index (χ4v) is 1.12. The quantitative estimate of drug-likeness (QED) is 0.651. The minimum Gasteiger partial charge on any atom is -0.320 e. The van der Waals surface area contributed by atoms with E-state index in [0.29, 0.717) is 0 Å². The minimum absolute atomic E-state index is 0.382. The van der Waals surface area contributed by atoms with Gasteiger partial charge in [-0.3, -0.25) is 0 Å². The van der Waals surface area contributed by atoms with Gasteiger partial charge in [0.05, 0.1) is 11.7 Å². The summed E-state index contributed by atoms with van der Waals surface area (Å²) >= 11 is 0. The molecule has 0 bridgehead atoms. The van der Waals surface area contributed by atoms with Gasteiger partial charge in [-0.25, -0.2) is 4.79 Å². The number of nitrogens with zero attached hydrogens (tertiary/aromatic N) is 2. The average molecular weight is 176 g/mol. The van der Waals surface area contributed by atoms with Crippen molar-refractivity contribution in [1.29, 1.82) is 0 Å². The first kappa shape index (κ1) is 7.79. The zero-order valence-corrected chi connectivity index (χ0v) is 7.10. The molecule has 0 aliphatic rings. The number of carbonyl (C=O) groups excluding carboxylic acids is 1. The van der Waals surface area contributed by atoms with Crippen molar-refractivity contribution >= 4 is 16.9 Å². The van der Waals surface area contributed by atoms with Crippen LogP contribution in [0.25, 0.3) is 10.9 Å². The SMILES string of the molecule is CC(=O)On1cc2ccccc2n1. The van der Waals surface area contributed by atoms with Crippen LogP contribution in [0.4, 0.5) is 0 Å². The van der Waals surface area contributed by atoms with Gasteiger partial charge in [0.25, 0.3) is 0 Å². The Hall–Kier alpha value is -1.84. The molecule has 0 saturated heterocycles. The highest BCUT2D eigenvalue weighted by molar-refractivity contribution is 5.77. The average Bonchev–Trinajstić information content (AvgIpc) is 2.44. The lowest BCUT2D eigenvalue weighted by atomic mass is 10.3. The van der Waals surface area contributed by atoms with Gasteiger partial charge in [-0.2, -0.15) is 0 Å². The third kappa shape index (κ3) is 1.51. The molecule has 0 atom stereocenters. The molecule has 1 heterocycles. The van der Waals surface area contributed by atoms with Gasteiger partial charge in [-0.05, 0) is 6.07 Å². The van der Waals surface area contributed by atoms with E-state index in [0.717, 1.165) is 10.9 Å². The topological polar surface area (TPSA) is 44.1 Å². The van der Waals surface area contributed by atoms with Crippen LogP contribution in [0.3, 0.4) is 0 Å². The summed E-state index contributed by atoms with van der Waals surface area (Å²) in [7, 11) is 0. The van der Waals surface area contributed by atoms with Crippen LogP contribution in [0.5, 0.6) is 0 Å². The molecule has 4 heteroatoms. The summed E-state index contributed by atoms with van der Waals surface area (Å²) < 4.78 is 0. The Morgan fingerprint density at radius 3 is 2.92 bits per heavy atom. The molecule has 1 aromatic carbocycles. The maximum absolute atomic E-state index is 10.6. The number of carbonyl (C=O) groups is 1. The fourth-order valence-electron chi connectivity index (χ4n) is 1.12. The predicted molar refractivity (Wildman–Crippen MR) is 47.0 cm³/mol. The first-order valence-electron chi connectivity index (χ1n) is 3.89. The van der Waals surface area contributed by atoms with Crippen LogP contribution in [-0.2, 0) is 4.79 Å². The molecule has 1 aromatic heterocycles. The van der Waals surface area contributed by atoms with Gasteiger partial charge in [0.2, 0.25) is 0 Å².